The Labute approximate surface area is 177 Å². The second-order valence-corrected chi connectivity index (χ2v) is 5.79. The lowest BCUT2D eigenvalue weighted by Gasteiger charge is -2.13. The Kier molecular flexibility index (Phi) is 9.63. The molecule has 0 saturated carbocycles. The normalized spacial score (nSPS) is 10.6. The molecule has 0 atom stereocenters. The monoisotopic (exact) mass is 483 g/mol. The minimum Gasteiger partial charge on any atom is -0.496 e. The molecular weight excluding hydrogens is 457 g/mol. The summed E-state index contributed by atoms with van der Waals surface area (Å²) >= 11 is 0. The number of carbonyl (C=O) groups excluding carboxylic acids is 1. The number of halogens is 1. The number of hydrogen-bond donors (Lipinski definition) is 2. The van der Waals surface area contributed by atoms with Gasteiger partial charge in [-0.15, -0.1) is 24.0 Å². The fourth-order valence-electron chi connectivity index (χ4n) is 2.43. The van der Waals surface area contributed by atoms with Gasteiger partial charge < -0.3 is 20.1 Å². The van der Waals surface area contributed by atoms with Gasteiger partial charge in [-0.05, 0) is 30.2 Å². The van der Waals surface area contributed by atoms with Gasteiger partial charge in [0.1, 0.15) is 11.3 Å². The summed E-state index contributed by atoms with van der Waals surface area (Å²) in [5.41, 5.74) is 3.73. The third-order valence-electron chi connectivity index (χ3n) is 3.93. The number of methoxy groups -OCH3 is 2. The van der Waals surface area contributed by atoms with Crippen LogP contribution in [0.5, 0.6) is 5.75 Å². The molecule has 6 nitrogen and oxygen atoms in total. The van der Waals surface area contributed by atoms with Gasteiger partial charge in [0.25, 0.3) is 0 Å². The van der Waals surface area contributed by atoms with Gasteiger partial charge in [0, 0.05) is 20.1 Å². The molecule has 27 heavy (non-hydrogen) atoms. The fourth-order valence-corrected chi connectivity index (χ4v) is 2.43. The van der Waals surface area contributed by atoms with Gasteiger partial charge in [-0.1, -0.05) is 35.9 Å². The van der Waals surface area contributed by atoms with Gasteiger partial charge in [0.15, 0.2) is 5.96 Å². The number of aryl methyl sites for hydroxylation is 1. The summed E-state index contributed by atoms with van der Waals surface area (Å²) in [6, 6.07) is 13.7. The molecule has 146 valence electrons. The lowest BCUT2D eigenvalue weighted by Crippen LogP contribution is -2.36. The van der Waals surface area contributed by atoms with E-state index in [1.165, 1.54) is 25.3 Å². The van der Waals surface area contributed by atoms with Crippen molar-refractivity contribution in [3.63, 3.8) is 0 Å². The Morgan fingerprint density at radius 2 is 1.59 bits per heavy atom. The second kappa shape index (κ2) is 11.4. The van der Waals surface area contributed by atoms with Crippen LogP contribution in [0.3, 0.4) is 0 Å². The van der Waals surface area contributed by atoms with E-state index in [1.807, 2.05) is 6.07 Å². The highest BCUT2D eigenvalue weighted by Crippen LogP contribution is 2.20. The number of esters is 1. The Bertz CT molecular complexity index is 777. The number of nitrogens with zero attached hydrogens (tertiary/aromatic N) is 1. The van der Waals surface area contributed by atoms with Crippen molar-refractivity contribution < 1.29 is 14.3 Å². The van der Waals surface area contributed by atoms with Gasteiger partial charge >= 0.3 is 5.97 Å². The first-order valence-electron chi connectivity index (χ1n) is 8.32. The Hall–Kier alpha value is -2.29. The highest BCUT2D eigenvalue weighted by atomic mass is 127. The molecule has 0 aliphatic rings. The topological polar surface area (TPSA) is 72.0 Å². The summed E-state index contributed by atoms with van der Waals surface area (Å²) in [6.07, 6.45) is 0. The molecule has 0 saturated heterocycles. The summed E-state index contributed by atoms with van der Waals surface area (Å²) in [7, 11) is 4.60. The third-order valence-corrected chi connectivity index (χ3v) is 3.93. The van der Waals surface area contributed by atoms with E-state index in [-0.39, 0.29) is 24.0 Å². The van der Waals surface area contributed by atoms with Crippen LogP contribution in [0.15, 0.2) is 47.5 Å². The first-order chi connectivity index (χ1) is 12.6. The van der Waals surface area contributed by atoms with Crippen LogP contribution in [0.4, 0.5) is 0 Å². The number of ether oxygens (including phenoxy) is 2. The molecule has 7 heteroatoms. The third kappa shape index (κ3) is 6.74. The van der Waals surface area contributed by atoms with E-state index in [0.29, 0.717) is 30.4 Å². The zero-order valence-electron chi connectivity index (χ0n) is 16.0. The molecule has 0 bridgehead atoms. The van der Waals surface area contributed by atoms with Gasteiger partial charge in [0.05, 0.1) is 14.2 Å². The Morgan fingerprint density at radius 1 is 1.00 bits per heavy atom. The minimum atomic E-state index is -0.425. The largest absolute Gasteiger partial charge is 0.496 e. The highest BCUT2D eigenvalue weighted by molar-refractivity contribution is 14.0. The molecule has 2 aromatic rings. The molecule has 0 aromatic heterocycles. The summed E-state index contributed by atoms with van der Waals surface area (Å²) in [5, 5.41) is 6.50. The maximum atomic E-state index is 11.9. The van der Waals surface area contributed by atoms with Crippen LogP contribution in [-0.4, -0.2) is 33.2 Å². The van der Waals surface area contributed by atoms with Crippen molar-refractivity contribution in [3.05, 3.63) is 64.7 Å². The van der Waals surface area contributed by atoms with Gasteiger partial charge in [-0.3, -0.25) is 4.99 Å². The molecule has 0 heterocycles. The first-order valence-corrected chi connectivity index (χ1v) is 8.32. The predicted molar refractivity (Wildman–Crippen MR) is 118 cm³/mol. The number of hydrogen-bond acceptors (Lipinski definition) is 4. The SMILES string of the molecule is CN=C(NCc1ccc(C)cc1)NCc1ccc(OC)c(C(=O)OC)c1.I. The molecule has 0 amide bonds. The fraction of sp³-hybridized carbons (Fsp3) is 0.300. The maximum absolute atomic E-state index is 11.9. The number of aliphatic imine (C=N–C) groups is 1. The summed E-state index contributed by atoms with van der Waals surface area (Å²) in [5.74, 6) is 0.745. The van der Waals surface area contributed by atoms with E-state index >= 15 is 0 Å². The number of rotatable bonds is 6. The zero-order chi connectivity index (χ0) is 18.9. The van der Waals surface area contributed by atoms with Crippen LogP contribution in [0.2, 0.25) is 0 Å². The molecule has 2 rings (SSSR count). The second-order valence-electron chi connectivity index (χ2n) is 5.79. The average Bonchev–Trinajstić information content (AvgIpc) is 2.68. The number of nitrogens with one attached hydrogen (secondary N) is 2. The number of benzene rings is 2. The highest BCUT2D eigenvalue weighted by Gasteiger charge is 2.13. The number of carbonyl (C=O) groups is 1. The van der Waals surface area contributed by atoms with E-state index in [1.54, 1.807) is 19.2 Å². The van der Waals surface area contributed by atoms with Gasteiger partial charge in [-0.25, -0.2) is 4.79 Å². The summed E-state index contributed by atoms with van der Waals surface area (Å²) in [6.45, 7) is 3.26. The van der Waals surface area contributed by atoms with Crippen LogP contribution in [0, 0.1) is 6.92 Å². The van der Waals surface area contributed by atoms with E-state index < -0.39 is 5.97 Å². The molecular formula is C20H26IN3O3. The molecule has 0 unspecified atom stereocenters. The molecule has 0 aliphatic carbocycles. The average molecular weight is 483 g/mol. The Balaban J connectivity index is 0.00000364. The summed E-state index contributed by atoms with van der Waals surface area (Å²) < 4.78 is 10.0. The smallest absolute Gasteiger partial charge is 0.341 e. The van der Waals surface area contributed by atoms with Gasteiger partial charge in [0.2, 0.25) is 0 Å². The van der Waals surface area contributed by atoms with Crippen LogP contribution in [0.1, 0.15) is 27.0 Å². The van der Waals surface area contributed by atoms with Crippen LogP contribution >= 0.6 is 24.0 Å². The molecule has 2 N–H and O–H groups in total. The maximum Gasteiger partial charge on any atom is 0.341 e. The molecule has 0 aliphatic heterocycles. The van der Waals surface area contributed by atoms with E-state index in [2.05, 4.69) is 46.8 Å². The standard InChI is InChI=1S/C20H25N3O3.HI/c1-14-5-7-15(8-6-14)12-22-20(21-2)23-13-16-9-10-18(25-3)17(11-16)19(24)26-4;/h5-11H,12-13H2,1-4H3,(H2,21,22,23);1H. The van der Waals surface area contributed by atoms with Crippen molar-refractivity contribution in [2.45, 2.75) is 20.0 Å². The quantitative estimate of drug-likeness (QED) is 0.286. The molecule has 2 aromatic carbocycles. The lowest BCUT2D eigenvalue weighted by molar-refractivity contribution is 0.0597. The van der Waals surface area contributed by atoms with Crippen LogP contribution in [-0.2, 0) is 17.8 Å². The van der Waals surface area contributed by atoms with Crippen LogP contribution in [0.25, 0.3) is 0 Å². The van der Waals surface area contributed by atoms with Crippen molar-refractivity contribution >= 4 is 35.9 Å². The van der Waals surface area contributed by atoms with Crippen LogP contribution < -0.4 is 15.4 Å². The zero-order valence-corrected chi connectivity index (χ0v) is 18.4. The summed E-state index contributed by atoms with van der Waals surface area (Å²) in [4.78, 5) is 16.1. The minimum absolute atomic E-state index is 0. The van der Waals surface area contributed by atoms with Gasteiger partial charge in [-0.2, -0.15) is 0 Å². The molecule has 0 radical (unpaired) electrons. The predicted octanol–water partition coefficient (Wildman–Crippen LogP) is 3.27. The Morgan fingerprint density at radius 3 is 2.15 bits per heavy atom. The van der Waals surface area contributed by atoms with Crippen molar-refractivity contribution in [1.82, 2.24) is 10.6 Å². The van der Waals surface area contributed by atoms with E-state index in [0.717, 1.165) is 5.56 Å². The van der Waals surface area contributed by atoms with Crippen molar-refractivity contribution in [2.24, 2.45) is 4.99 Å². The van der Waals surface area contributed by atoms with Crippen molar-refractivity contribution in [1.29, 1.82) is 0 Å². The van der Waals surface area contributed by atoms with Crippen molar-refractivity contribution in [2.75, 3.05) is 21.3 Å². The molecule has 0 fully saturated rings. The van der Waals surface area contributed by atoms with Crippen molar-refractivity contribution in [3.8, 4) is 5.75 Å². The first kappa shape index (κ1) is 22.8. The number of guanidine groups is 1. The van der Waals surface area contributed by atoms with E-state index in [4.69, 9.17) is 9.47 Å². The lowest BCUT2D eigenvalue weighted by atomic mass is 10.1. The van der Waals surface area contributed by atoms with E-state index in [9.17, 15) is 4.79 Å². The molecule has 0 spiro atoms.